The van der Waals surface area contributed by atoms with Crippen LogP contribution in [0, 0.1) is 11.3 Å². The molecule has 2 N–H and O–H groups in total. The molecule has 0 spiro atoms. The van der Waals surface area contributed by atoms with Gasteiger partial charge in [0.2, 0.25) is 0 Å². The minimum Gasteiger partial charge on any atom is -0.371 e. The molecule has 0 radical (unpaired) electrons. The van der Waals surface area contributed by atoms with E-state index >= 15 is 0 Å². The number of benzene rings is 1. The summed E-state index contributed by atoms with van der Waals surface area (Å²) in [6.07, 6.45) is 2.40. The fraction of sp³-hybridized carbons (Fsp3) is 0.600. The molecule has 2 rings (SSSR count). The van der Waals surface area contributed by atoms with Gasteiger partial charge in [0.05, 0.1) is 0 Å². The Balaban J connectivity index is 2.08. The Labute approximate surface area is 119 Å². The van der Waals surface area contributed by atoms with Crippen molar-refractivity contribution in [2.45, 2.75) is 26.7 Å². The fourth-order valence-electron chi connectivity index (χ4n) is 3.01. The van der Waals surface area contributed by atoms with Gasteiger partial charge in [-0.1, -0.05) is 29.8 Å². The van der Waals surface area contributed by atoms with Gasteiger partial charge in [0.15, 0.2) is 0 Å². The summed E-state index contributed by atoms with van der Waals surface area (Å²) < 4.78 is 1.14. The average molecular weight is 311 g/mol. The molecular weight excluding hydrogens is 288 g/mol. The molecule has 2 nitrogen and oxygen atoms in total. The van der Waals surface area contributed by atoms with Crippen molar-refractivity contribution in [1.29, 1.82) is 0 Å². The molecule has 1 aliphatic rings. The standard InChI is InChI=1S/C15H23BrN2/c1-15(2)11-18(10-8-12(15)7-9-17)14-5-3-13(16)4-6-14/h3-6,12H,7-11,17H2,1-2H3. The van der Waals surface area contributed by atoms with Gasteiger partial charge in [0, 0.05) is 23.2 Å². The molecule has 100 valence electrons. The molecule has 0 aromatic heterocycles. The summed E-state index contributed by atoms with van der Waals surface area (Å²) in [7, 11) is 0. The molecule has 1 heterocycles. The Kier molecular flexibility index (Phi) is 4.33. The van der Waals surface area contributed by atoms with Gasteiger partial charge < -0.3 is 10.6 Å². The van der Waals surface area contributed by atoms with Gasteiger partial charge in [-0.05, 0) is 55.0 Å². The first kappa shape index (κ1) is 13.9. The van der Waals surface area contributed by atoms with E-state index in [2.05, 4.69) is 58.9 Å². The summed E-state index contributed by atoms with van der Waals surface area (Å²) in [4.78, 5) is 2.50. The quantitative estimate of drug-likeness (QED) is 0.923. The number of hydrogen-bond acceptors (Lipinski definition) is 2. The Hall–Kier alpha value is -0.540. The van der Waals surface area contributed by atoms with Crippen LogP contribution in [0.5, 0.6) is 0 Å². The van der Waals surface area contributed by atoms with E-state index in [0.717, 1.165) is 36.4 Å². The maximum Gasteiger partial charge on any atom is 0.0367 e. The van der Waals surface area contributed by atoms with Crippen molar-refractivity contribution in [1.82, 2.24) is 0 Å². The highest BCUT2D eigenvalue weighted by Crippen LogP contribution is 2.38. The predicted molar refractivity (Wildman–Crippen MR) is 81.9 cm³/mol. The van der Waals surface area contributed by atoms with E-state index in [9.17, 15) is 0 Å². The van der Waals surface area contributed by atoms with Crippen LogP contribution in [0.25, 0.3) is 0 Å². The molecule has 1 aliphatic heterocycles. The van der Waals surface area contributed by atoms with Gasteiger partial charge in [0.1, 0.15) is 0 Å². The number of nitrogens with zero attached hydrogens (tertiary/aromatic N) is 1. The van der Waals surface area contributed by atoms with Crippen molar-refractivity contribution in [2.75, 3.05) is 24.5 Å². The zero-order chi connectivity index (χ0) is 13.2. The van der Waals surface area contributed by atoms with Crippen LogP contribution >= 0.6 is 15.9 Å². The highest BCUT2D eigenvalue weighted by atomic mass is 79.9. The molecule has 0 saturated carbocycles. The molecule has 3 heteroatoms. The Morgan fingerprint density at radius 1 is 1.33 bits per heavy atom. The van der Waals surface area contributed by atoms with Gasteiger partial charge in [-0.15, -0.1) is 0 Å². The minimum absolute atomic E-state index is 0.352. The van der Waals surface area contributed by atoms with Crippen LogP contribution in [0.4, 0.5) is 5.69 Å². The molecule has 0 amide bonds. The van der Waals surface area contributed by atoms with Crippen molar-refractivity contribution in [3.05, 3.63) is 28.7 Å². The van der Waals surface area contributed by atoms with Gasteiger partial charge in [-0.3, -0.25) is 0 Å². The van der Waals surface area contributed by atoms with Gasteiger partial charge >= 0.3 is 0 Å². The third kappa shape index (κ3) is 3.07. The summed E-state index contributed by atoms with van der Waals surface area (Å²) >= 11 is 3.49. The first-order chi connectivity index (χ1) is 8.53. The van der Waals surface area contributed by atoms with Crippen LogP contribution in [0.15, 0.2) is 28.7 Å². The topological polar surface area (TPSA) is 29.3 Å². The van der Waals surface area contributed by atoms with E-state index < -0.39 is 0 Å². The molecule has 1 unspecified atom stereocenters. The second-order valence-electron chi connectivity index (χ2n) is 5.95. The Morgan fingerprint density at radius 3 is 2.56 bits per heavy atom. The lowest BCUT2D eigenvalue weighted by atomic mass is 9.72. The summed E-state index contributed by atoms with van der Waals surface area (Å²) in [5, 5.41) is 0. The van der Waals surface area contributed by atoms with E-state index in [4.69, 9.17) is 5.73 Å². The second-order valence-corrected chi connectivity index (χ2v) is 6.87. The first-order valence-electron chi connectivity index (χ1n) is 6.73. The van der Waals surface area contributed by atoms with Crippen molar-refractivity contribution >= 4 is 21.6 Å². The van der Waals surface area contributed by atoms with Crippen LogP contribution < -0.4 is 10.6 Å². The maximum atomic E-state index is 5.72. The smallest absolute Gasteiger partial charge is 0.0367 e. The summed E-state index contributed by atoms with van der Waals surface area (Å²) in [5.41, 5.74) is 7.41. The molecule has 0 bridgehead atoms. The lowest BCUT2D eigenvalue weighted by Crippen LogP contribution is -2.46. The lowest BCUT2D eigenvalue weighted by molar-refractivity contribution is 0.167. The highest BCUT2D eigenvalue weighted by molar-refractivity contribution is 9.10. The van der Waals surface area contributed by atoms with E-state index in [1.807, 2.05) is 0 Å². The maximum absolute atomic E-state index is 5.72. The van der Waals surface area contributed by atoms with Crippen molar-refractivity contribution in [3.63, 3.8) is 0 Å². The second kappa shape index (κ2) is 5.62. The zero-order valence-corrected chi connectivity index (χ0v) is 12.9. The number of halogens is 1. The number of piperidine rings is 1. The predicted octanol–water partition coefficient (Wildman–Crippen LogP) is 3.65. The summed E-state index contributed by atoms with van der Waals surface area (Å²) in [5.74, 6) is 0.759. The van der Waals surface area contributed by atoms with Crippen LogP contribution in [0.3, 0.4) is 0 Å². The molecule has 1 saturated heterocycles. The number of hydrogen-bond donors (Lipinski definition) is 1. The molecule has 1 aromatic rings. The monoisotopic (exact) mass is 310 g/mol. The zero-order valence-electron chi connectivity index (χ0n) is 11.3. The minimum atomic E-state index is 0.352. The number of anilines is 1. The van der Waals surface area contributed by atoms with Crippen molar-refractivity contribution < 1.29 is 0 Å². The van der Waals surface area contributed by atoms with Gasteiger partial charge in [-0.25, -0.2) is 0 Å². The van der Waals surface area contributed by atoms with E-state index in [1.165, 1.54) is 12.1 Å². The van der Waals surface area contributed by atoms with Gasteiger partial charge in [0.25, 0.3) is 0 Å². The van der Waals surface area contributed by atoms with Crippen LogP contribution in [0.2, 0.25) is 0 Å². The van der Waals surface area contributed by atoms with Crippen molar-refractivity contribution in [3.8, 4) is 0 Å². The fourth-order valence-corrected chi connectivity index (χ4v) is 3.28. The lowest BCUT2D eigenvalue weighted by Gasteiger charge is -2.45. The average Bonchev–Trinajstić information content (AvgIpc) is 2.32. The van der Waals surface area contributed by atoms with Crippen LogP contribution in [-0.2, 0) is 0 Å². The highest BCUT2D eigenvalue weighted by Gasteiger charge is 2.35. The Bertz CT molecular complexity index is 386. The third-order valence-electron chi connectivity index (χ3n) is 4.16. The SMILES string of the molecule is CC1(C)CN(c2ccc(Br)cc2)CCC1CCN. The molecule has 1 aromatic carbocycles. The Morgan fingerprint density at radius 2 is 2.00 bits per heavy atom. The van der Waals surface area contributed by atoms with Crippen molar-refractivity contribution in [2.24, 2.45) is 17.1 Å². The van der Waals surface area contributed by atoms with Crippen LogP contribution in [0.1, 0.15) is 26.7 Å². The molecule has 1 atom stereocenters. The van der Waals surface area contributed by atoms with E-state index in [0.29, 0.717) is 5.41 Å². The third-order valence-corrected chi connectivity index (χ3v) is 4.69. The normalized spacial score (nSPS) is 23.1. The molecular formula is C15H23BrN2. The summed E-state index contributed by atoms with van der Waals surface area (Å²) in [6.45, 7) is 7.83. The van der Waals surface area contributed by atoms with E-state index in [1.54, 1.807) is 0 Å². The van der Waals surface area contributed by atoms with Crippen LogP contribution in [-0.4, -0.2) is 19.6 Å². The number of rotatable bonds is 3. The van der Waals surface area contributed by atoms with E-state index in [-0.39, 0.29) is 0 Å². The first-order valence-corrected chi connectivity index (χ1v) is 7.53. The summed E-state index contributed by atoms with van der Waals surface area (Å²) in [6, 6.07) is 8.63. The van der Waals surface area contributed by atoms with Gasteiger partial charge in [-0.2, -0.15) is 0 Å². The number of nitrogens with two attached hydrogens (primary N) is 1. The largest absolute Gasteiger partial charge is 0.371 e. The molecule has 0 aliphatic carbocycles. The molecule has 1 fully saturated rings. The molecule has 18 heavy (non-hydrogen) atoms.